The summed E-state index contributed by atoms with van der Waals surface area (Å²) in [5.74, 6) is -0.360. The normalized spacial score (nSPS) is 17.8. The highest BCUT2D eigenvalue weighted by molar-refractivity contribution is 6.14. The zero-order valence-corrected chi connectivity index (χ0v) is 10.7. The van der Waals surface area contributed by atoms with Crippen LogP contribution in [0.25, 0.3) is 5.57 Å². The van der Waals surface area contributed by atoms with Crippen LogP contribution < -0.4 is 0 Å². The highest BCUT2D eigenvalue weighted by atomic mass is 16.4. The number of nitrogens with zero attached hydrogens (tertiary/aromatic N) is 3. The number of hydrogen-bond acceptors (Lipinski definition) is 3. The van der Waals surface area contributed by atoms with Crippen LogP contribution in [0.1, 0.15) is 18.4 Å². The molecule has 0 bridgehead atoms. The number of aliphatic carboxylic acids is 1. The maximum Gasteiger partial charge on any atom is 0.335 e. The van der Waals surface area contributed by atoms with E-state index in [1.54, 1.807) is 12.4 Å². The largest absolute Gasteiger partial charge is 0.478 e. The fourth-order valence-electron chi connectivity index (χ4n) is 2.25. The molecule has 18 heavy (non-hydrogen) atoms. The van der Waals surface area contributed by atoms with Crippen molar-refractivity contribution < 1.29 is 9.90 Å². The minimum Gasteiger partial charge on any atom is -0.478 e. The summed E-state index contributed by atoms with van der Waals surface area (Å²) in [7, 11) is 2.14. The number of carbonyl (C=O) groups is 1. The molecule has 1 aromatic rings. The standard InChI is InChI=1S/C13H19N3O2/c1-10(13(17)18)12-7-14-16(9-12)8-11-3-5-15(2)6-4-11/h7,9,11H,1,3-6,8H2,2H3,(H,17,18). The van der Waals surface area contributed by atoms with E-state index in [0.717, 1.165) is 19.6 Å². The Morgan fingerprint density at radius 2 is 2.22 bits per heavy atom. The molecule has 1 aliphatic rings. The summed E-state index contributed by atoms with van der Waals surface area (Å²) in [4.78, 5) is 13.1. The summed E-state index contributed by atoms with van der Waals surface area (Å²) in [5.41, 5.74) is 0.694. The first kappa shape index (κ1) is 12.8. The molecule has 0 amide bonds. The Morgan fingerprint density at radius 1 is 1.56 bits per heavy atom. The van der Waals surface area contributed by atoms with Crippen molar-refractivity contribution in [3.63, 3.8) is 0 Å². The van der Waals surface area contributed by atoms with Crippen molar-refractivity contribution in [2.45, 2.75) is 19.4 Å². The van der Waals surface area contributed by atoms with Gasteiger partial charge in [-0.2, -0.15) is 5.10 Å². The molecule has 1 fully saturated rings. The first-order valence-corrected chi connectivity index (χ1v) is 6.20. The van der Waals surface area contributed by atoms with Crippen LogP contribution in [0.15, 0.2) is 19.0 Å². The predicted molar refractivity (Wildman–Crippen MR) is 69.1 cm³/mol. The molecule has 1 saturated heterocycles. The van der Waals surface area contributed by atoms with Crippen LogP contribution in [0.3, 0.4) is 0 Å². The quantitative estimate of drug-likeness (QED) is 0.818. The summed E-state index contributed by atoms with van der Waals surface area (Å²) in [6.45, 7) is 6.65. The van der Waals surface area contributed by atoms with E-state index in [1.807, 2.05) is 4.68 Å². The van der Waals surface area contributed by atoms with Gasteiger partial charge >= 0.3 is 5.97 Å². The number of carboxylic acid groups (broad SMARTS) is 1. The molecule has 0 aliphatic carbocycles. The number of piperidine rings is 1. The van der Waals surface area contributed by atoms with Crippen LogP contribution in [0.5, 0.6) is 0 Å². The molecule has 0 saturated carbocycles. The van der Waals surface area contributed by atoms with Crippen molar-refractivity contribution in [1.29, 1.82) is 0 Å². The van der Waals surface area contributed by atoms with Gasteiger partial charge in [-0.1, -0.05) is 6.58 Å². The van der Waals surface area contributed by atoms with E-state index < -0.39 is 5.97 Å². The van der Waals surface area contributed by atoms with Crippen LogP contribution in [-0.4, -0.2) is 45.9 Å². The Kier molecular flexibility index (Phi) is 3.81. The Morgan fingerprint density at radius 3 is 2.83 bits per heavy atom. The zero-order valence-electron chi connectivity index (χ0n) is 10.7. The van der Waals surface area contributed by atoms with Crippen LogP contribution in [0.2, 0.25) is 0 Å². The summed E-state index contributed by atoms with van der Waals surface area (Å²) in [5, 5.41) is 13.1. The highest BCUT2D eigenvalue weighted by Crippen LogP contribution is 2.19. The zero-order chi connectivity index (χ0) is 13.1. The van der Waals surface area contributed by atoms with Gasteiger partial charge in [-0.15, -0.1) is 0 Å². The lowest BCUT2D eigenvalue weighted by molar-refractivity contribution is -0.130. The minimum absolute atomic E-state index is 0.102. The third-order valence-corrected chi connectivity index (χ3v) is 3.52. The van der Waals surface area contributed by atoms with Crippen molar-refractivity contribution in [3.05, 3.63) is 24.5 Å². The van der Waals surface area contributed by atoms with Gasteiger partial charge in [0.05, 0.1) is 11.8 Å². The van der Waals surface area contributed by atoms with Crippen LogP contribution in [0, 0.1) is 5.92 Å². The fraction of sp³-hybridized carbons (Fsp3) is 0.538. The van der Waals surface area contributed by atoms with Crippen LogP contribution >= 0.6 is 0 Å². The molecule has 2 rings (SSSR count). The first-order valence-electron chi connectivity index (χ1n) is 6.20. The van der Waals surface area contributed by atoms with Gasteiger partial charge in [-0.3, -0.25) is 4.68 Å². The summed E-state index contributed by atoms with van der Waals surface area (Å²) in [6.07, 6.45) is 5.69. The molecular weight excluding hydrogens is 230 g/mol. The molecule has 1 N–H and O–H groups in total. The molecule has 98 valence electrons. The second kappa shape index (κ2) is 5.35. The van der Waals surface area contributed by atoms with Gasteiger partial charge in [0.2, 0.25) is 0 Å². The fourth-order valence-corrected chi connectivity index (χ4v) is 2.25. The van der Waals surface area contributed by atoms with E-state index in [9.17, 15) is 4.79 Å². The number of carboxylic acids is 1. The molecule has 5 nitrogen and oxygen atoms in total. The third kappa shape index (κ3) is 2.98. The smallest absolute Gasteiger partial charge is 0.335 e. The molecule has 0 spiro atoms. The lowest BCUT2D eigenvalue weighted by atomic mass is 9.97. The van der Waals surface area contributed by atoms with Gasteiger partial charge < -0.3 is 10.0 Å². The van der Waals surface area contributed by atoms with Crippen molar-refractivity contribution in [2.75, 3.05) is 20.1 Å². The van der Waals surface area contributed by atoms with E-state index in [2.05, 4.69) is 23.6 Å². The molecule has 1 aliphatic heterocycles. The first-order chi connectivity index (χ1) is 8.56. The van der Waals surface area contributed by atoms with Gasteiger partial charge in [0.25, 0.3) is 0 Å². The summed E-state index contributed by atoms with van der Waals surface area (Å²) < 4.78 is 1.83. The monoisotopic (exact) mass is 249 g/mol. The van der Waals surface area contributed by atoms with E-state index in [0.29, 0.717) is 11.5 Å². The maximum atomic E-state index is 10.8. The maximum absolute atomic E-state index is 10.8. The Labute approximate surface area is 107 Å². The van der Waals surface area contributed by atoms with Crippen LogP contribution in [0.4, 0.5) is 0 Å². The SMILES string of the molecule is C=C(C(=O)O)c1cnn(CC2CCN(C)CC2)c1. The van der Waals surface area contributed by atoms with Crippen molar-refractivity contribution in [3.8, 4) is 0 Å². The summed E-state index contributed by atoms with van der Waals surface area (Å²) >= 11 is 0. The Bertz CT molecular complexity index is 445. The van der Waals surface area contributed by atoms with E-state index in [-0.39, 0.29) is 5.57 Å². The minimum atomic E-state index is -0.992. The van der Waals surface area contributed by atoms with Gasteiger partial charge in [-0.25, -0.2) is 4.79 Å². The molecule has 0 aromatic carbocycles. The van der Waals surface area contributed by atoms with Crippen molar-refractivity contribution in [1.82, 2.24) is 14.7 Å². The third-order valence-electron chi connectivity index (χ3n) is 3.52. The summed E-state index contributed by atoms with van der Waals surface area (Å²) in [6, 6.07) is 0. The topological polar surface area (TPSA) is 58.4 Å². The molecule has 0 atom stereocenters. The predicted octanol–water partition coefficient (Wildman–Crippen LogP) is 1.32. The average molecular weight is 249 g/mol. The van der Waals surface area contributed by atoms with E-state index >= 15 is 0 Å². The second-order valence-electron chi connectivity index (χ2n) is 4.98. The van der Waals surface area contributed by atoms with Gasteiger partial charge in [0.15, 0.2) is 0 Å². The molecule has 1 aromatic heterocycles. The average Bonchev–Trinajstić information content (AvgIpc) is 2.79. The molecule has 2 heterocycles. The molecular formula is C13H19N3O2. The number of aromatic nitrogens is 2. The second-order valence-corrected chi connectivity index (χ2v) is 4.98. The Hall–Kier alpha value is -1.62. The number of rotatable bonds is 4. The molecule has 5 heteroatoms. The van der Waals surface area contributed by atoms with E-state index in [4.69, 9.17) is 5.11 Å². The highest BCUT2D eigenvalue weighted by Gasteiger charge is 2.18. The lowest BCUT2D eigenvalue weighted by Gasteiger charge is -2.28. The van der Waals surface area contributed by atoms with Crippen LogP contribution in [-0.2, 0) is 11.3 Å². The van der Waals surface area contributed by atoms with Crippen molar-refractivity contribution in [2.24, 2.45) is 5.92 Å². The van der Waals surface area contributed by atoms with Crippen molar-refractivity contribution >= 4 is 11.5 Å². The Balaban J connectivity index is 1.94. The lowest BCUT2D eigenvalue weighted by Crippen LogP contribution is -2.31. The van der Waals surface area contributed by atoms with E-state index in [1.165, 1.54) is 12.8 Å². The van der Waals surface area contributed by atoms with Gasteiger partial charge in [0.1, 0.15) is 0 Å². The molecule has 0 unspecified atom stereocenters. The number of likely N-dealkylation sites (tertiary alicyclic amines) is 1. The number of hydrogen-bond donors (Lipinski definition) is 1. The van der Waals surface area contributed by atoms with Gasteiger partial charge in [-0.05, 0) is 38.9 Å². The van der Waals surface area contributed by atoms with Gasteiger partial charge in [0, 0.05) is 18.3 Å². The molecule has 0 radical (unpaired) electrons.